The topological polar surface area (TPSA) is 127 Å². The molecule has 0 radical (unpaired) electrons. The maximum atomic E-state index is 13.4. The first-order valence-corrected chi connectivity index (χ1v) is 15.1. The van der Waals surface area contributed by atoms with Gasteiger partial charge in [-0.2, -0.15) is 5.10 Å². The third kappa shape index (κ3) is 4.43. The van der Waals surface area contributed by atoms with E-state index in [1.807, 2.05) is 36.5 Å². The van der Waals surface area contributed by atoms with E-state index in [4.69, 9.17) is 10.1 Å². The molecule has 2 aliphatic heterocycles. The summed E-state index contributed by atoms with van der Waals surface area (Å²) in [7, 11) is 0. The molecule has 4 heterocycles. The Balaban J connectivity index is 0.954. The second kappa shape index (κ2) is 9.93. The number of imide groups is 2. The smallest absolute Gasteiger partial charge is 0.262 e. The fourth-order valence-corrected chi connectivity index (χ4v) is 6.84. The van der Waals surface area contributed by atoms with Crippen LogP contribution in [0.25, 0.3) is 22.3 Å². The van der Waals surface area contributed by atoms with Crippen LogP contribution in [0.2, 0.25) is 0 Å². The molecular formula is C33H30N6O4. The van der Waals surface area contributed by atoms with E-state index in [1.165, 1.54) is 0 Å². The first-order valence-electron chi connectivity index (χ1n) is 15.1. The predicted molar refractivity (Wildman–Crippen MR) is 156 cm³/mol. The number of hydrogen-bond acceptors (Lipinski definition) is 7. The molecule has 2 saturated carbocycles. The number of rotatable bonds is 7. The van der Waals surface area contributed by atoms with Gasteiger partial charge in [0.2, 0.25) is 11.8 Å². The molecule has 1 saturated heterocycles. The highest BCUT2D eigenvalue weighted by Gasteiger charge is 2.45. The maximum absolute atomic E-state index is 13.4. The molecule has 3 fully saturated rings. The molecule has 2 aromatic carbocycles. The predicted octanol–water partition coefficient (Wildman–Crippen LogP) is 4.36. The number of piperidine rings is 1. The molecule has 10 nitrogen and oxygen atoms in total. The lowest BCUT2D eigenvalue weighted by Crippen LogP contribution is -2.54. The van der Waals surface area contributed by atoms with E-state index in [0.29, 0.717) is 35.4 Å². The van der Waals surface area contributed by atoms with Crippen molar-refractivity contribution in [1.29, 1.82) is 0 Å². The summed E-state index contributed by atoms with van der Waals surface area (Å²) < 4.78 is 2.12. The number of aromatic nitrogens is 4. The molecule has 2 aliphatic carbocycles. The molecule has 10 heteroatoms. The number of nitrogens with one attached hydrogen (secondary N) is 1. The van der Waals surface area contributed by atoms with Crippen LogP contribution in [0.15, 0.2) is 54.9 Å². The molecule has 4 amide bonds. The standard InChI is InChI=1S/C33H30N6O4/c40-28-13-12-27(31(41)36-28)39-32(42)22-5-3-4-19(29(22)33(39)43)9-8-18-14-21(15-18)38-17-23(30(37-38)20-10-11-20)26-16-34-24-6-1-2-7-25(24)35-26/h1-7,16-18,20-21,27H,8-15H2,(H,36,40,41)/t18-,21-,27?. The Bertz CT molecular complexity index is 1840. The van der Waals surface area contributed by atoms with E-state index in [0.717, 1.165) is 70.6 Å². The van der Waals surface area contributed by atoms with E-state index in [9.17, 15) is 19.2 Å². The molecule has 1 N–H and O–H groups in total. The van der Waals surface area contributed by atoms with Gasteiger partial charge in [0.05, 0.1) is 45.8 Å². The first-order chi connectivity index (χ1) is 20.9. The number of nitrogens with zero attached hydrogens (tertiary/aromatic N) is 5. The largest absolute Gasteiger partial charge is 0.295 e. The van der Waals surface area contributed by atoms with Crippen LogP contribution in [-0.4, -0.2) is 54.3 Å². The van der Waals surface area contributed by atoms with E-state index in [1.54, 1.807) is 12.1 Å². The van der Waals surface area contributed by atoms with Gasteiger partial charge in [-0.3, -0.25) is 39.1 Å². The third-order valence-corrected chi connectivity index (χ3v) is 9.41. The number of hydrogen-bond donors (Lipinski definition) is 1. The van der Waals surface area contributed by atoms with E-state index < -0.39 is 23.8 Å². The minimum atomic E-state index is -0.953. The van der Waals surface area contributed by atoms with Gasteiger partial charge >= 0.3 is 0 Å². The van der Waals surface area contributed by atoms with E-state index in [-0.39, 0.29) is 18.7 Å². The van der Waals surface area contributed by atoms with Gasteiger partial charge in [-0.05, 0) is 74.6 Å². The highest BCUT2D eigenvalue weighted by atomic mass is 16.2. The first kappa shape index (κ1) is 25.9. The molecule has 8 rings (SSSR count). The number of fused-ring (bicyclic) bond motifs is 2. The summed E-state index contributed by atoms with van der Waals surface area (Å²) in [6.45, 7) is 0. The van der Waals surface area contributed by atoms with Crippen molar-refractivity contribution in [3.05, 3.63) is 77.2 Å². The van der Waals surface area contributed by atoms with E-state index >= 15 is 0 Å². The van der Waals surface area contributed by atoms with Crippen molar-refractivity contribution < 1.29 is 19.2 Å². The molecule has 2 aromatic heterocycles. The normalized spacial score (nSPS) is 23.4. The second-order valence-electron chi connectivity index (χ2n) is 12.2. The zero-order chi connectivity index (χ0) is 29.2. The number of amides is 4. The Morgan fingerprint density at radius 3 is 2.49 bits per heavy atom. The van der Waals surface area contributed by atoms with Crippen LogP contribution in [0.5, 0.6) is 0 Å². The Hall–Kier alpha value is -4.73. The molecule has 4 aliphatic rings. The number of aryl methyl sites for hydroxylation is 1. The summed E-state index contributed by atoms with van der Waals surface area (Å²) in [5.74, 6) is -0.901. The zero-order valence-electron chi connectivity index (χ0n) is 23.5. The minimum absolute atomic E-state index is 0.106. The minimum Gasteiger partial charge on any atom is -0.295 e. The van der Waals surface area contributed by atoms with Gasteiger partial charge in [-0.15, -0.1) is 0 Å². The van der Waals surface area contributed by atoms with Crippen LogP contribution in [0.1, 0.15) is 88.9 Å². The van der Waals surface area contributed by atoms with Crippen molar-refractivity contribution in [1.82, 2.24) is 30.0 Å². The lowest BCUT2D eigenvalue weighted by molar-refractivity contribution is -0.136. The van der Waals surface area contributed by atoms with Crippen molar-refractivity contribution in [2.45, 2.75) is 69.4 Å². The quantitative estimate of drug-likeness (QED) is 0.325. The van der Waals surface area contributed by atoms with Gasteiger partial charge in [0.1, 0.15) is 6.04 Å². The van der Waals surface area contributed by atoms with Gasteiger partial charge in [-0.1, -0.05) is 24.3 Å². The zero-order valence-corrected chi connectivity index (χ0v) is 23.5. The lowest BCUT2D eigenvalue weighted by atomic mass is 9.76. The van der Waals surface area contributed by atoms with Crippen LogP contribution < -0.4 is 5.32 Å². The summed E-state index contributed by atoms with van der Waals surface area (Å²) in [5.41, 5.74) is 6.40. The average molecular weight is 575 g/mol. The summed E-state index contributed by atoms with van der Waals surface area (Å²) in [6.07, 6.45) is 10.1. The van der Waals surface area contributed by atoms with E-state index in [2.05, 4.69) is 21.2 Å². The molecular weight excluding hydrogens is 544 g/mol. The van der Waals surface area contributed by atoms with Crippen LogP contribution >= 0.6 is 0 Å². The second-order valence-corrected chi connectivity index (χ2v) is 12.2. The summed E-state index contributed by atoms with van der Waals surface area (Å²) in [6, 6.07) is 12.6. The van der Waals surface area contributed by atoms with Crippen LogP contribution in [0.4, 0.5) is 0 Å². The van der Waals surface area contributed by atoms with Gasteiger partial charge < -0.3 is 0 Å². The molecule has 0 bridgehead atoms. The van der Waals surface area contributed by atoms with Crippen molar-refractivity contribution in [2.75, 3.05) is 0 Å². The van der Waals surface area contributed by atoms with Crippen molar-refractivity contribution >= 4 is 34.7 Å². The molecule has 0 spiro atoms. The molecule has 1 unspecified atom stereocenters. The lowest BCUT2D eigenvalue weighted by Gasteiger charge is -2.35. The fraction of sp³-hybridized carbons (Fsp3) is 0.364. The Labute approximate surface area is 247 Å². The van der Waals surface area contributed by atoms with Gasteiger partial charge in [0.25, 0.3) is 11.8 Å². The Morgan fingerprint density at radius 2 is 1.70 bits per heavy atom. The average Bonchev–Trinajstić information content (AvgIpc) is 3.69. The van der Waals surface area contributed by atoms with Gasteiger partial charge in [0.15, 0.2) is 0 Å². The molecule has 216 valence electrons. The fourth-order valence-electron chi connectivity index (χ4n) is 6.84. The van der Waals surface area contributed by atoms with Crippen molar-refractivity contribution in [3.63, 3.8) is 0 Å². The SMILES string of the molecule is O=C1CCC(N2C(=O)c3cccc(CC[C@H]4C[C@H](n5cc(-c6cnc7ccccc7n6)c(C6CC6)n5)C4)c3C2=O)C(=O)N1. The maximum Gasteiger partial charge on any atom is 0.262 e. The van der Waals surface area contributed by atoms with Crippen molar-refractivity contribution in [2.24, 2.45) is 5.92 Å². The Morgan fingerprint density at radius 1 is 0.884 bits per heavy atom. The van der Waals surface area contributed by atoms with Crippen LogP contribution in [0, 0.1) is 5.92 Å². The Kier molecular flexibility index (Phi) is 5.99. The number of benzene rings is 2. The van der Waals surface area contributed by atoms with Crippen molar-refractivity contribution in [3.8, 4) is 11.3 Å². The highest BCUT2D eigenvalue weighted by molar-refractivity contribution is 6.24. The number of carbonyl (C=O) groups is 4. The number of carbonyl (C=O) groups excluding carboxylic acids is 4. The third-order valence-electron chi connectivity index (χ3n) is 9.41. The molecule has 43 heavy (non-hydrogen) atoms. The van der Waals surface area contributed by atoms with Gasteiger partial charge in [0, 0.05) is 24.1 Å². The summed E-state index contributed by atoms with van der Waals surface area (Å²) in [5, 5.41) is 7.29. The van der Waals surface area contributed by atoms with Crippen LogP contribution in [0.3, 0.4) is 0 Å². The monoisotopic (exact) mass is 574 g/mol. The van der Waals surface area contributed by atoms with Gasteiger partial charge in [-0.25, -0.2) is 4.98 Å². The van der Waals surface area contributed by atoms with Crippen LogP contribution in [-0.2, 0) is 16.0 Å². The summed E-state index contributed by atoms with van der Waals surface area (Å²) in [4.78, 5) is 61.2. The number of para-hydroxylation sites is 2. The molecule has 4 aromatic rings. The molecule has 1 atom stereocenters. The highest BCUT2D eigenvalue weighted by Crippen LogP contribution is 2.46. The summed E-state index contributed by atoms with van der Waals surface area (Å²) >= 11 is 0.